The Bertz CT molecular complexity index is 491. The molecule has 1 aromatic carbocycles. The Kier molecular flexibility index (Phi) is 4.34. The number of rotatable bonds is 4. The fraction of sp³-hybridized carbons (Fsp3) is 0.267. The number of pyridine rings is 1. The van der Waals surface area contributed by atoms with Gasteiger partial charge in [-0.1, -0.05) is 42.8 Å². The highest BCUT2D eigenvalue weighted by Crippen LogP contribution is 2.16. The van der Waals surface area contributed by atoms with E-state index in [1.807, 2.05) is 12.1 Å². The predicted molar refractivity (Wildman–Crippen MR) is 75.7 cm³/mol. The van der Waals surface area contributed by atoms with E-state index in [0.717, 1.165) is 18.5 Å². The van der Waals surface area contributed by atoms with E-state index in [4.69, 9.17) is 17.3 Å². The van der Waals surface area contributed by atoms with Crippen LogP contribution in [0.5, 0.6) is 0 Å². The molecule has 3 heteroatoms. The summed E-state index contributed by atoms with van der Waals surface area (Å²) in [4.78, 5) is 4.25. The molecule has 2 aromatic rings. The molecular formula is C15H17ClN2. The lowest BCUT2D eigenvalue weighted by molar-refractivity contribution is 0.696. The molecule has 0 saturated heterocycles. The second kappa shape index (κ2) is 5.98. The van der Waals surface area contributed by atoms with Crippen molar-refractivity contribution in [1.82, 2.24) is 4.98 Å². The summed E-state index contributed by atoms with van der Waals surface area (Å²) in [5, 5.41) is 0.637. The van der Waals surface area contributed by atoms with Gasteiger partial charge in [-0.2, -0.15) is 0 Å². The molecule has 1 atom stereocenters. The van der Waals surface area contributed by atoms with E-state index in [1.54, 1.807) is 6.20 Å². The quantitative estimate of drug-likeness (QED) is 0.913. The lowest BCUT2D eigenvalue weighted by Gasteiger charge is -2.11. The fourth-order valence-electron chi connectivity index (χ4n) is 1.88. The van der Waals surface area contributed by atoms with Crippen LogP contribution in [0.2, 0.25) is 5.02 Å². The van der Waals surface area contributed by atoms with Gasteiger partial charge in [-0.05, 0) is 36.1 Å². The Hall–Kier alpha value is -1.38. The van der Waals surface area contributed by atoms with Crippen molar-refractivity contribution >= 4 is 11.6 Å². The third kappa shape index (κ3) is 3.31. The van der Waals surface area contributed by atoms with Crippen LogP contribution < -0.4 is 5.73 Å². The molecular weight excluding hydrogens is 244 g/mol. The zero-order valence-corrected chi connectivity index (χ0v) is 11.2. The molecule has 0 aliphatic heterocycles. The molecule has 0 aliphatic rings. The second-order valence-electron chi connectivity index (χ2n) is 4.38. The van der Waals surface area contributed by atoms with Crippen LogP contribution in [0.15, 0.2) is 42.6 Å². The van der Waals surface area contributed by atoms with Gasteiger partial charge >= 0.3 is 0 Å². The summed E-state index contributed by atoms with van der Waals surface area (Å²) in [6.45, 7) is 2.15. The molecule has 0 fully saturated rings. The van der Waals surface area contributed by atoms with Gasteiger partial charge in [0, 0.05) is 6.20 Å². The van der Waals surface area contributed by atoms with Gasteiger partial charge in [-0.3, -0.25) is 4.98 Å². The standard InChI is InChI=1S/C15H17ClN2/c1-2-11-3-5-12(6-4-11)9-14(17)15-8-7-13(16)10-18-15/h3-8,10,14H,2,9,17H2,1H3. The van der Waals surface area contributed by atoms with Gasteiger partial charge in [0.2, 0.25) is 0 Å². The summed E-state index contributed by atoms with van der Waals surface area (Å²) in [7, 11) is 0. The highest BCUT2D eigenvalue weighted by molar-refractivity contribution is 6.30. The smallest absolute Gasteiger partial charge is 0.0589 e. The minimum Gasteiger partial charge on any atom is -0.322 e. The first-order valence-electron chi connectivity index (χ1n) is 6.14. The highest BCUT2D eigenvalue weighted by atomic mass is 35.5. The van der Waals surface area contributed by atoms with Crippen molar-refractivity contribution in [2.75, 3.05) is 0 Å². The van der Waals surface area contributed by atoms with Crippen LogP contribution in [-0.2, 0) is 12.8 Å². The monoisotopic (exact) mass is 260 g/mol. The van der Waals surface area contributed by atoms with Crippen LogP contribution in [-0.4, -0.2) is 4.98 Å². The number of benzene rings is 1. The highest BCUT2D eigenvalue weighted by Gasteiger charge is 2.08. The molecule has 1 unspecified atom stereocenters. The van der Waals surface area contributed by atoms with Crippen molar-refractivity contribution in [2.45, 2.75) is 25.8 Å². The number of hydrogen-bond acceptors (Lipinski definition) is 2. The predicted octanol–water partition coefficient (Wildman–Crippen LogP) is 3.54. The molecule has 18 heavy (non-hydrogen) atoms. The van der Waals surface area contributed by atoms with Crippen molar-refractivity contribution < 1.29 is 0 Å². The van der Waals surface area contributed by atoms with E-state index < -0.39 is 0 Å². The maximum atomic E-state index is 6.14. The number of aromatic nitrogens is 1. The van der Waals surface area contributed by atoms with Crippen LogP contribution in [0.1, 0.15) is 29.8 Å². The number of hydrogen-bond donors (Lipinski definition) is 1. The molecule has 1 heterocycles. The normalized spacial score (nSPS) is 12.4. The molecule has 0 amide bonds. The van der Waals surface area contributed by atoms with Crippen molar-refractivity contribution in [3.05, 3.63) is 64.4 Å². The molecule has 0 radical (unpaired) electrons. The van der Waals surface area contributed by atoms with Crippen molar-refractivity contribution in [3.63, 3.8) is 0 Å². The molecule has 2 rings (SSSR count). The first-order chi connectivity index (χ1) is 8.69. The van der Waals surface area contributed by atoms with Crippen LogP contribution in [0.3, 0.4) is 0 Å². The Morgan fingerprint density at radius 3 is 2.33 bits per heavy atom. The number of aryl methyl sites for hydroxylation is 1. The molecule has 94 valence electrons. The maximum Gasteiger partial charge on any atom is 0.0589 e. The van der Waals surface area contributed by atoms with Gasteiger partial charge < -0.3 is 5.73 Å². The van der Waals surface area contributed by atoms with E-state index in [-0.39, 0.29) is 6.04 Å². The van der Waals surface area contributed by atoms with Crippen LogP contribution in [0, 0.1) is 0 Å². The fourth-order valence-corrected chi connectivity index (χ4v) is 1.99. The SMILES string of the molecule is CCc1ccc(CC(N)c2ccc(Cl)cn2)cc1. The average Bonchev–Trinajstić information content (AvgIpc) is 2.40. The topological polar surface area (TPSA) is 38.9 Å². The first-order valence-corrected chi connectivity index (χ1v) is 6.51. The summed E-state index contributed by atoms with van der Waals surface area (Å²) in [5.74, 6) is 0. The van der Waals surface area contributed by atoms with E-state index in [9.17, 15) is 0 Å². The minimum absolute atomic E-state index is 0.0882. The molecule has 2 N–H and O–H groups in total. The third-order valence-corrected chi connectivity index (χ3v) is 3.24. The number of halogens is 1. The zero-order valence-electron chi connectivity index (χ0n) is 10.4. The van der Waals surface area contributed by atoms with Gasteiger partial charge in [-0.25, -0.2) is 0 Å². The Morgan fingerprint density at radius 1 is 1.11 bits per heavy atom. The molecule has 2 nitrogen and oxygen atoms in total. The van der Waals surface area contributed by atoms with Gasteiger partial charge in [0.1, 0.15) is 0 Å². The van der Waals surface area contributed by atoms with Crippen LogP contribution in [0.4, 0.5) is 0 Å². The largest absolute Gasteiger partial charge is 0.322 e. The van der Waals surface area contributed by atoms with Crippen LogP contribution >= 0.6 is 11.6 Å². The average molecular weight is 261 g/mol. The summed E-state index contributed by atoms with van der Waals surface area (Å²) in [5.41, 5.74) is 9.59. The van der Waals surface area contributed by atoms with E-state index >= 15 is 0 Å². The second-order valence-corrected chi connectivity index (χ2v) is 4.82. The number of nitrogens with two attached hydrogens (primary N) is 1. The van der Waals surface area contributed by atoms with Gasteiger partial charge in [0.05, 0.1) is 16.8 Å². The van der Waals surface area contributed by atoms with E-state index in [2.05, 4.69) is 36.2 Å². The van der Waals surface area contributed by atoms with Gasteiger partial charge in [0.15, 0.2) is 0 Å². The lowest BCUT2D eigenvalue weighted by atomic mass is 10.0. The summed E-state index contributed by atoms with van der Waals surface area (Å²) in [6, 6.07) is 12.2. The summed E-state index contributed by atoms with van der Waals surface area (Å²) < 4.78 is 0. The Balaban J connectivity index is 2.05. The first kappa shape index (κ1) is 13.1. The molecule has 1 aromatic heterocycles. The third-order valence-electron chi connectivity index (χ3n) is 3.02. The van der Waals surface area contributed by atoms with E-state index in [0.29, 0.717) is 5.02 Å². The molecule has 0 aliphatic carbocycles. The van der Waals surface area contributed by atoms with Crippen molar-refractivity contribution in [3.8, 4) is 0 Å². The van der Waals surface area contributed by atoms with Crippen molar-refractivity contribution in [2.24, 2.45) is 5.73 Å². The zero-order chi connectivity index (χ0) is 13.0. The number of nitrogens with zero attached hydrogens (tertiary/aromatic N) is 1. The Morgan fingerprint density at radius 2 is 1.78 bits per heavy atom. The molecule has 0 bridgehead atoms. The molecule has 0 saturated carbocycles. The van der Waals surface area contributed by atoms with E-state index in [1.165, 1.54) is 11.1 Å². The summed E-state index contributed by atoms with van der Waals surface area (Å²) >= 11 is 5.81. The molecule has 0 spiro atoms. The van der Waals surface area contributed by atoms with Gasteiger partial charge in [0.25, 0.3) is 0 Å². The van der Waals surface area contributed by atoms with Crippen molar-refractivity contribution in [1.29, 1.82) is 0 Å². The van der Waals surface area contributed by atoms with Crippen LogP contribution in [0.25, 0.3) is 0 Å². The summed E-state index contributed by atoms with van der Waals surface area (Å²) in [6.07, 6.45) is 3.49. The maximum absolute atomic E-state index is 6.14. The Labute approximate surface area is 113 Å². The van der Waals surface area contributed by atoms with Gasteiger partial charge in [-0.15, -0.1) is 0 Å². The lowest BCUT2D eigenvalue weighted by Crippen LogP contribution is -2.14. The minimum atomic E-state index is -0.0882.